The van der Waals surface area contributed by atoms with Crippen molar-refractivity contribution in [3.8, 4) is 0 Å². The van der Waals surface area contributed by atoms with Gasteiger partial charge in [-0.2, -0.15) is 5.10 Å². The van der Waals surface area contributed by atoms with Crippen molar-refractivity contribution in [2.24, 2.45) is 5.10 Å². The first-order valence-corrected chi connectivity index (χ1v) is 7.17. The van der Waals surface area contributed by atoms with Gasteiger partial charge in [0, 0.05) is 24.0 Å². The highest BCUT2D eigenvalue weighted by Gasteiger charge is 2.20. The number of pyridine rings is 1. The number of aromatic nitrogens is 1. The Bertz CT molecular complexity index is 668. The van der Waals surface area contributed by atoms with Gasteiger partial charge in [-0.25, -0.2) is 5.01 Å². The zero-order valence-corrected chi connectivity index (χ0v) is 12.1. The van der Waals surface area contributed by atoms with Crippen molar-refractivity contribution in [2.45, 2.75) is 12.8 Å². The van der Waals surface area contributed by atoms with E-state index in [1.54, 1.807) is 24.5 Å². The maximum absolute atomic E-state index is 12.4. The summed E-state index contributed by atoms with van der Waals surface area (Å²) in [6, 6.07) is 11.0. The molecule has 0 fully saturated rings. The van der Waals surface area contributed by atoms with E-state index in [0.717, 1.165) is 24.1 Å². The molecular weight excluding hydrogens is 286 g/mol. The minimum absolute atomic E-state index is 0.116. The monoisotopic (exact) mass is 299 g/mol. The van der Waals surface area contributed by atoms with Crippen LogP contribution in [0.2, 0.25) is 5.02 Å². The van der Waals surface area contributed by atoms with Crippen LogP contribution in [0.5, 0.6) is 0 Å². The first kappa shape index (κ1) is 13.8. The second-order valence-electron chi connectivity index (χ2n) is 4.83. The van der Waals surface area contributed by atoms with Crippen molar-refractivity contribution in [1.29, 1.82) is 0 Å². The van der Waals surface area contributed by atoms with E-state index >= 15 is 0 Å². The summed E-state index contributed by atoms with van der Waals surface area (Å²) in [5, 5.41) is 6.70. The number of halogens is 1. The number of carbonyl (C=O) groups excluding carboxylic acids is 1. The first-order chi connectivity index (χ1) is 10.2. The molecule has 106 valence electrons. The normalized spacial score (nSPS) is 14.7. The lowest BCUT2D eigenvalue weighted by Gasteiger charge is -2.23. The van der Waals surface area contributed by atoms with E-state index in [1.165, 1.54) is 5.01 Å². The van der Waals surface area contributed by atoms with Gasteiger partial charge in [0.1, 0.15) is 0 Å². The highest BCUT2D eigenvalue weighted by molar-refractivity contribution is 6.30. The highest BCUT2D eigenvalue weighted by atomic mass is 35.5. The van der Waals surface area contributed by atoms with Gasteiger partial charge in [-0.3, -0.25) is 9.78 Å². The van der Waals surface area contributed by atoms with Gasteiger partial charge in [0.15, 0.2) is 0 Å². The maximum atomic E-state index is 12.4. The Morgan fingerprint density at radius 2 is 2.00 bits per heavy atom. The molecule has 0 bridgehead atoms. The molecule has 0 N–H and O–H groups in total. The molecule has 1 aromatic carbocycles. The Morgan fingerprint density at radius 3 is 2.71 bits per heavy atom. The molecule has 21 heavy (non-hydrogen) atoms. The molecule has 5 heteroatoms. The van der Waals surface area contributed by atoms with Crippen LogP contribution < -0.4 is 0 Å². The number of hydrogen-bond donors (Lipinski definition) is 0. The summed E-state index contributed by atoms with van der Waals surface area (Å²) >= 11 is 5.90. The number of hydrazone groups is 1. The molecule has 0 saturated carbocycles. The first-order valence-electron chi connectivity index (χ1n) is 6.79. The fraction of sp³-hybridized carbons (Fsp3) is 0.188. The van der Waals surface area contributed by atoms with Crippen molar-refractivity contribution >= 4 is 23.2 Å². The van der Waals surface area contributed by atoms with Crippen molar-refractivity contribution in [1.82, 2.24) is 9.99 Å². The third-order valence-electron chi connectivity index (χ3n) is 3.35. The van der Waals surface area contributed by atoms with Crippen molar-refractivity contribution in [3.63, 3.8) is 0 Å². The van der Waals surface area contributed by atoms with E-state index in [-0.39, 0.29) is 5.91 Å². The summed E-state index contributed by atoms with van der Waals surface area (Å²) < 4.78 is 0. The third kappa shape index (κ3) is 3.11. The van der Waals surface area contributed by atoms with Gasteiger partial charge in [-0.05, 0) is 42.7 Å². The number of carbonyl (C=O) groups is 1. The quantitative estimate of drug-likeness (QED) is 0.853. The third-order valence-corrected chi connectivity index (χ3v) is 3.60. The number of hydrogen-bond acceptors (Lipinski definition) is 3. The van der Waals surface area contributed by atoms with Crippen LogP contribution in [0.4, 0.5) is 0 Å². The number of nitrogens with zero attached hydrogens (tertiary/aromatic N) is 3. The predicted octanol–water partition coefficient (Wildman–Crippen LogP) is 3.38. The van der Waals surface area contributed by atoms with E-state index in [0.29, 0.717) is 17.1 Å². The van der Waals surface area contributed by atoms with Crippen LogP contribution in [0.25, 0.3) is 0 Å². The summed E-state index contributed by atoms with van der Waals surface area (Å²) in [5.41, 5.74) is 2.47. The Morgan fingerprint density at radius 1 is 1.19 bits per heavy atom. The lowest BCUT2D eigenvalue weighted by atomic mass is 10.0. The fourth-order valence-corrected chi connectivity index (χ4v) is 2.40. The van der Waals surface area contributed by atoms with E-state index < -0.39 is 0 Å². The molecule has 0 unspecified atom stereocenters. The van der Waals surface area contributed by atoms with Crippen LogP contribution in [-0.2, 0) is 0 Å². The maximum Gasteiger partial charge on any atom is 0.275 e. The average molecular weight is 300 g/mol. The van der Waals surface area contributed by atoms with E-state index in [2.05, 4.69) is 10.1 Å². The molecule has 1 aromatic heterocycles. The molecule has 0 saturated heterocycles. The highest BCUT2D eigenvalue weighted by Crippen LogP contribution is 2.18. The predicted molar refractivity (Wildman–Crippen MR) is 82.5 cm³/mol. The lowest BCUT2D eigenvalue weighted by molar-refractivity contribution is 0.0751. The van der Waals surface area contributed by atoms with Crippen molar-refractivity contribution in [2.75, 3.05) is 6.54 Å². The van der Waals surface area contributed by atoms with E-state index in [1.807, 2.05) is 24.3 Å². The molecule has 1 aliphatic rings. The summed E-state index contributed by atoms with van der Waals surface area (Å²) in [7, 11) is 0. The zero-order chi connectivity index (χ0) is 14.7. The minimum Gasteiger partial charge on any atom is -0.267 e. The van der Waals surface area contributed by atoms with E-state index in [9.17, 15) is 4.79 Å². The van der Waals surface area contributed by atoms with Gasteiger partial charge in [-0.15, -0.1) is 0 Å². The SMILES string of the molecule is O=C(c1cccnc1)N1CCCC(c2ccc(Cl)cc2)=N1. The van der Waals surface area contributed by atoms with Crippen LogP contribution in [0.3, 0.4) is 0 Å². The second-order valence-corrected chi connectivity index (χ2v) is 5.26. The Kier molecular flexibility index (Phi) is 3.97. The van der Waals surface area contributed by atoms with E-state index in [4.69, 9.17) is 11.6 Å². The molecule has 4 nitrogen and oxygen atoms in total. The molecule has 2 aromatic rings. The Balaban J connectivity index is 1.86. The van der Waals surface area contributed by atoms with Crippen molar-refractivity contribution < 1.29 is 4.79 Å². The number of rotatable bonds is 2. The van der Waals surface area contributed by atoms with Gasteiger partial charge < -0.3 is 0 Å². The number of benzene rings is 1. The molecule has 2 heterocycles. The molecule has 0 radical (unpaired) electrons. The van der Waals surface area contributed by atoms with Gasteiger partial charge in [0.25, 0.3) is 5.91 Å². The molecule has 0 atom stereocenters. The zero-order valence-electron chi connectivity index (χ0n) is 11.4. The Hall–Kier alpha value is -2.20. The van der Waals surface area contributed by atoms with Crippen LogP contribution in [0.15, 0.2) is 53.9 Å². The van der Waals surface area contributed by atoms with Gasteiger partial charge >= 0.3 is 0 Å². The molecule has 1 aliphatic heterocycles. The van der Waals surface area contributed by atoms with Gasteiger partial charge in [0.2, 0.25) is 0 Å². The summed E-state index contributed by atoms with van der Waals surface area (Å²) in [5.74, 6) is -0.116. The van der Waals surface area contributed by atoms with Crippen LogP contribution in [0.1, 0.15) is 28.8 Å². The average Bonchev–Trinajstić information content (AvgIpc) is 2.56. The largest absolute Gasteiger partial charge is 0.275 e. The smallest absolute Gasteiger partial charge is 0.267 e. The summed E-state index contributed by atoms with van der Waals surface area (Å²) in [6.45, 7) is 0.630. The molecule has 0 spiro atoms. The molecular formula is C16H14ClN3O. The molecule has 0 aliphatic carbocycles. The Labute approximate surface area is 128 Å². The fourth-order valence-electron chi connectivity index (χ4n) is 2.27. The molecule has 3 rings (SSSR count). The summed E-state index contributed by atoms with van der Waals surface area (Å²) in [4.78, 5) is 16.4. The van der Waals surface area contributed by atoms with Crippen LogP contribution in [-0.4, -0.2) is 28.2 Å². The minimum atomic E-state index is -0.116. The topological polar surface area (TPSA) is 45.6 Å². The number of amides is 1. The van der Waals surface area contributed by atoms with Gasteiger partial charge in [0.05, 0.1) is 11.3 Å². The molecule has 1 amide bonds. The standard InChI is InChI=1S/C16H14ClN3O/c17-14-7-5-12(6-8-14)15-4-2-10-20(19-15)16(21)13-3-1-9-18-11-13/h1,3,5-9,11H,2,4,10H2. The second kappa shape index (κ2) is 6.06. The van der Waals surface area contributed by atoms with Crippen LogP contribution >= 0.6 is 11.6 Å². The van der Waals surface area contributed by atoms with Crippen molar-refractivity contribution in [3.05, 3.63) is 64.9 Å². The van der Waals surface area contributed by atoms with Gasteiger partial charge in [-0.1, -0.05) is 23.7 Å². The summed E-state index contributed by atoms with van der Waals surface area (Å²) in [6.07, 6.45) is 4.97. The van der Waals surface area contributed by atoms with Crippen LogP contribution in [0, 0.1) is 0 Å². The lowest BCUT2D eigenvalue weighted by Crippen LogP contribution is -2.32.